The predicted molar refractivity (Wildman–Crippen MR) is 171 cm³/mol. The van der Waals surface area contributed by atoms with Crippen molar-refractivity contribution in [2.24, 2.45) is 0 Å². The van der Waals surface area contributed by atoms with E-state index in [0.29, 0.717) is 38.3 Å². The van der Waals surface area contributed by atoms with Gasteiger partial charge in [-0.15, -0.1) is 0 Å². The summed E-state index contributed by atoms with van der Waals surface area (Å²) >= 11 is 0. The van der Waals surface area contributed by atoms with E-state index in [0.717, 1.165) is 67.7 Å². The Morgan fingerprint density at radius 2 is 1.76 bits per heavy atom. The molecule has 3 N–H and O–H groups in total. The quantitative estimate of drug-likeness (QED) is 0.300. The van der Waals surface area contributed by atoms with Crippen LogP contribution in [0.1, 0.15) is 54.4 Å². The molecule has 3 aliphatic rings. The Kier molecular flexibility index (Phi) is 9.53. The van der Waals surface area contributed by atoms with Gasteiger partial charge in [0.15, 0.2) is 0 Å². The number of benzene rings is 2. The summed E-state index contributed by atoms with van der Waals surface area (Å²) in [5.41, 5.74) is 2.43. The molecule has 3 fully saturated rings. The number of carbonyl (C=O) groups is 2. The predicted octanol–water partition coefficient (Wildman–Crippen LogP) is 4.47. The van der Waals surface area contributed by atoms with Crippen LogP contribution in [0.25, 0.3) is 11.1 Å². The lowest BCUT2D eigenvalue weighted by molar-refractivity contribution is -0.128. The van der Waals surface area contributed by atoms with Crippen LogP contribution in [-0.4, -0.2) is 89.7 Å². The molecule has 2 saturated carbocycles. The lowest BCUT2D eigenvalue weighted by atomic mass is 9.90. The third-order valence-electron chi connectivity index (χ3n) is 9.41. The number of halogens is 1. The van der Waals surface area contributed by atoms with Crippen LogP contribution in [0.3, 0.4) is 0 Å². The van der Waals surface area contributed by atoms with Crippen molar-refractivity contribution in [3.8, 4) is 28.5 Å². The minimum absolute atomic E-state index is 0.00895. The van der Waals surface area contributed by atoms with Gasteiger partial charge in [-0.3, -0.25) is 19.4 Å². The number of rotatable bonds is 10. The maximum atomic E-state index is 14.3. The fourth-order valence-electron chi connectivity index (χ4n) is 6.46. The molecule has 6 rings (SSSR count). The fraction of sp³-hybridized carbons (Fsp3) is 0.457. The van der Waals surface area contributed by atoms with Crippen molar-refractivity contribution in [2.75, 3.05) is 40.4 Å². The van der Waals surface area contributed by atoms with Crippen molar-refractivity contribution in [1.82, 2.24) is 25.4 Å². The molecule has 1 aliphatic heterocycles. The van der Waals surface area contributed by atoms with E-state index in [1.165, 1.54) is 0 Å². The molecule has 0 atom stereocenters. The first-order valence-corrected chi connectivity index (χ1v) is 16.1. The summed E-state index contributed by atoms with van der Waals surface area (Å²) in [6.07, 6.45) is 5.69. The van der Waals surface area contributed by atoms with Gasteiger partial charge in [0.05, 0.1) is 24.9 Å². The van der Waals surface area contributed by atoms with Gasteiger partial charge < -0.3 is 25.2 Å². The number of likely N-dealkylation sites (N-methyl/N-ethyl adjacent to an activating group) is 1. The molecule has 10 nitrogen and oxygen atoms in total. The number of aromatic hydroxyl groups is 1. The highest BCUT2D eigenvalue weighted by Crippen LogP contribution is 2.40. The van der Waals surface area contributed by atoms with E-state index in [1.54, 1.807) is 18.2 Å². The zero-order valence-electron chi connectivity index (χ0n) is 26.4. The molecule has 0 radical (unpaired) electrons. The second-order valence-electron chi connectivity index (χ2n) is 12.8. The van der Waals surface area contributed by atoms with Crippen LogP contribution in [0.4, 0.5) is 4.39 Å². The van der Waals surface area contributed by atoms with Gasteiger partial charge in [-0.1, -0.05) is 18.2 Å². The maximum absolute atomic E-state index is 14.3. The first-order chi connectivity index (χ1) is 22.2. The third-order valence-corrected chi connectivity index (χ3v) is 9.41. The number of aromatic nitrogens is 1. The van der Waals surface area contributed by atoms with E-state index >= 15 is 0 Å². The number of hydrogen-bond acceptors (Lipinski definition) is 8. The smallest absolute Gasteiger partial charge is 0.257 e. The Morgan fingerprint density at radius 3 is 2.46 bits per heavy atom. The Morgan fingerprint density at radius 1 is 1.04 bits per heavy atom. The average Bonchev–Trinajstić information content (AvgIpc) is 3.86. The molecule has 0 spiro atoms. The number of nitrogens with zero attached hydrogens (tertiary/aromatic N) is 3. The Hall–Kier alpha value is -4.06. The number of morpholine rings is 1. The molecule has 11 heteroatoms. The highest BCUT2D eigenvalue weighted by Gasteiger charge is 2.52. The highest BCUT2D eigenvalue weighted by molar-refractivity contribution is 5.96. The summed E-state index contributed by atoms with van der Waals surface area (Å²) in [6.45, 7) is 3.64. The monoisotopic (exact) mass is 631 g/mol. The van der Waals surface area contributed by atoms with Crippen molar-refractivity contribution in [2.45, 2.75) is 62.7 Å². The number of carbonyl (C=O) groups excluding carboxylic acids is 2. The normalized spacial score (nSPS) is 21.0. The summed E-state index contributed by atoms with van der Waals surface area (Å²) in [5.74, 6) is -0.362. The lowest BCUT2D eigenvalue weighted by Crippen LogP contribution is -2.51. The number of hydrogen-bond donors (Lipinski definition) is 3. The molecule has 46 heavy (non-hydrogen) atoms. The molecule has 244 valence electrons. The van der Waals surface area contributed by atoms with Crippen molar-refractivity contribution >= 4 is 11.8 Å². The van der Waals surface area contributed by atoms with Gasteiger partial charge in [-0.25, -0.2) is 9.37 Å². The number of pyridine rings is 1. The largest absolute Gasteiger partial charge is 0.508 e. The Balaban J connectivity index is 1.11. The van der Waals surface area contributed by atoms with Crippen LogP contribution >= 0.6 is 0 Å². The molecule has 3 aromatic rings. The summed E-state index contributed by atoms with van der Waals surface area (Å²) in [5, 5.41) is 16.5. The summed E-state index contributed by atoms with van der Waals surface area (Å²) in [4.78, 5) is 34.6. The SMILES string of the molecule is CN(C)C1(C(=O)N[C@H]2CC[C@H](NC(=O)c3cc(F)cnc3Oc3cccc(-c4ccc(O)cc4CN4CCOCC4)c3)CC2)CC1. The third kappa shape index (κ3) is 7.32. The molecular weight excluding hydrogens is 589 g/mol. The summed E-state index contributed by atoms with van der Waals surface area (Å²) in [7, 11) is 3.88. The van der Waals surface area contributed by atoms with Crippen LogP contribution in [0.15, 0.2) is 54.7 Å². The highest BCUT2D eigenvalue weighted by atomic mass is 19.1. The minimum Gasteiger partial charge on any atom is -0.508 e. The zero-order chi connectivity index (χ0) is 32.3. The van der Waals surface area contributed by atoms with Crippen molar-refractivity contribution in [1.29, 1.82) is 0 Å². The molecule has 2 amide bonds. The van der Waals surface area contributed by atoms with Crippen LogP contribution in [0.2, 0.25) is 0 Å². The van der Waals surface area contributed by atoms with Crippen molar-refractivity contribution < 1.29 is 28.6 Å². The second-order valence-corrected chi connectivity index (χ2v) is 12.8. The molecule has 2 aromatic carbocycles. The molecule has 2 heterocycles. The van der Waals surface area contributed by atoms with Gasteiger partial charge in [0, 0.05) is 31.7 Å². The van der Waals surface area contributed by atoms with Crippen molar-refractivity contribution in [3.63, 3.8) is 0 Å². The first-order valence-electron chi connectivity index (χ1n) is 16.1. The van der Waals surface area contributed by atoms with Gasteiger partial charge in [-0.05, 0) is 99.6 Å². The van der Waals surface area contributed by atoms with E-state index < -0.39 is 11.7 Å². The topological polar surface area (TPSA) is 116 Å². The molecule has 0 unspecified atom stereocenters. The molecule has 1 aromatic heterocycles. The zero-order valence-corrected chi connectivity index (χ0v) is 26.4. The standard InChI is InChI=1S/C35H42FN5O5/c1-40(2)35(12-13-35)34(44)39-27-8-6-26(7-9-27)38-32(43)31-20-25(36)21-37-33(31)46-29-5-3-4-23(19-29)30-11-10-28(42)18-24(30)22-41-14-16-45-17-15-41/h3-5,10-11,18-21,26-27,42H,6-9,12-17,22H2,1-2H3,(H,38,43)(H,39,44)/t26-,27-. The van der Waals surface area contributed by atoms with Gasteiger partial charge >= 0.3 is 0 Å². The van der Waals surface area contributed by atoms with Crippen LogP contribution in [0.5, 0.6) is 17.4 Å². The number of phenols is 1. The van der Waals surface area contributed by atoms with Crippen LogP contribution in [0, 0.1) is 5.82 Å². The van der Waals surface area contributed by atoms with E-state index in [9.17, 15) is 19.1 Å². The summed E-state index contributed by atoms with van der Waals surface area (Å²) in [6, 6.07) is 13.8. The average molecular weight is 632 g/mol. The van der Waals surface area contributed by atoms with E-state index in [1.807, 2.05) is 43.3 Å². The van der Waals surface area contributed by atoms with Gasteiger partial charge in [0.25, 0.3) is 5.91 Å². The van der Waals surface area contributed by atoms with E-state index in [-0.39, 0.29) is 40.7 Å². The summed E-state index contributed by atoms with van der Waals surface area (Å²) < 4.78 is 25.9. The van der Waals surface area contributed by atoms with Crippen molar-refractivity contribution in [3.05, 3.63) is 71.7 Å². The number of ether oxygens (including phenoxy) is 2. The van der Waals surface area contributed by atoms with Gasteiger partial charge in [0.2, 0.25) is 11.8 Å². The molecule has 2 aliphatic carbocycles. The maximum Gasteiger partial charge on any atom is 0.257 e. The number of nitrogens with one attached hydrogen (secondary N) is 2. The van der Waals surface area contributed by atoms with Crippen LogP contribution in [-0.2, 0) is 16.1 Å². The van der Waals surface area contributed by atoms with Crippen LogP contribution < -0.4 is 15.4 Å². The Labute approximate surface area is 268 Å². The fourth-order valence-corrected chi connectivity index (χ4v) is 6.46. The number of amides is 2. The van der Waals surface area contributed by atoms with Gasteiger partial charge in [0.1, 0.15) is 22.9 Å². The lowest BCUT2D eigenvalue weighted by Gasteiger charge is -2.32. The van der Waals surface area contributed by atoms with E-state index in [4.69, 9.17) is 9.47 Å². The molecular formula is C35H42FN5O5. The van der Waals surface area contributed by atoms with E-state index in [2.05, 4.69) is 20.5 Å². The molecule has 1 saturated heterocycles. The Bertz CT molecular complexity index is 1560. The molecule has 0 bridgehead atoms. The minimum atomic E-state index is -0.635. The second kappa shape index (κ2) is 13.7. The van der Waals surface area contributed by atoms with Gasteiger partial charge in [-0.2, -0.15) is 0 Å². The first kappa shape index (κ1) is 31.9. The number of phenolic OH excluding ortho intramolecular Hbond substituents is 1.